The number of hydrogen-bond acceptors (Lipinski definition) is 1. The Hall–Kier alpha value is 0.350. The van der Waals surface area contributed by atoms with E-state index in [0.29, 0.717) is 0 Å². The molecule has 0 aromatic carbocycles. The molecule has 2 saturated carbocycles. The molecule has 1 aliphatic heterocycles. The van der Waals surface area contributed by atoms with Gasteiger partial charge in [0.25, 0.3) is 0 Å². The van der Waals surface area contributed by atoms with E-state index in [0.717, 1.165) is 22.3 Å². The maximum Gasteiger partial charge on any atom is 0.00783 e. The lowest BCUT2D eigenvalue weighted by Crippen LogP contribution is -2.27. The highest BCUT2D eigenvalue weighted by Gasteiger charge is 2.41. The first-order valence-electron chi connectivity index (χ1n) is 5.59. The normalized spacial score (nSPS) is 52.0. The van der Waals surface area contributed by atoms with Crippen LogP contribution >= 0.6 is 11.8 Å². The molecule has 0 aromatic rings. The van der Waals surface area contributed by atoms with Crippen molar-refractivity contribution in [1.29, 1.82) is 0 Å². The molecule has 0 amide bonds. The Kier molecular flexibility index (Phi) is 1.89. The van der Waals surface area contributed by atoms with Gasteiger partial charge < -0.3 is 0 Å². The number of thioether (sulfide) groups is 1. The van der Waals surface area contributed by atoms with Gasteiger partial charge in [0, 0.05) is 10.5 Å². The highest BCUT2D eigenvalue weighted by Crippen LogP contribution is 2.52. The van der Waals surface area contributed by atoms with Crippen molar-refractivity contribution in [1.82, 2.24) is 0 Å². The first kappa shape index (κ1) is 7.73. The van der Waals surface area contributed by atoms with E-state index < -0.39 is 0 Å². The third-order valence-electron chi connectivity index (χ3n) is 4.13. The minimum absolute atomic E-state index is 1.09. The molecular formula is C11H18S. The van der Waals surface area contributed by atoms with Gasteiger partial charge in [-0.2, -0.15) is 11.8 Å². The van der Waals surface area contributed by atoms with Crippen LogP contribution in [-0.4, -0.2) is 10.5 Å². The predicted octanol–water partition coefficient (Wildman–Crippen LogP) is 3.46. The van der Waals surface area contributed by atoms with Crippen LogP contribution in [0, 0.1) is 11.8 Å². The Balaban J connectivity index is 1.75. The summed E-state index contributed by atoms with van der Waals surface area (Å²) in [5.74, 6) is 2.27. The Bertz CT molecular complexity index is 142. The molecule has 12 heavy (non-hydrogen) atoms. The molecule has 3 rings (SSSR count). The first-order chi connectivity index (χ1) is 5.93. The Morgan fingerprint density at radius 1 is 0.750 bits per heavy atom. The van der Waals surface area contributed by atoms with Crippen LogP contribution in [0.2, 0.25) is 0 Å². The van der Waals surface area contributed by atoms with Gasteiger partial charge in [0.2, 0.25) is 0 Å². The second-order valence-corrected chi connectivity index (χ2v) is 6.31. The van der Waals surface area contributed by atoms with Crippen molar-refractivity contribution < 1.29 is 0 Å². The van der Waals surface area contributed by atoms with Crippen LogP contribution in [0.25, 0.3) is 0 Å². The maximum atomic E-state index is 2.37. The molecule has 0 N–H and O–H groups in total. The van der Waals surface area contributed by atoms with E-state index in [1.165, 1.54) is 12.8 Å². The van der Waals surface area contributed by atoms with Crippen LogP contribution < -0.4 is 0 Å². The smallest absolute Gasteiger partial charge is 0.00783 e. The molecule has 68 valence electrons. The van der Waals surface area contributed by atoms with Crippen molar-refractivity contribution >= 4 is 11.8 Å². The topological polar surface area (TPSA) is 0 Å². The maximum absolute atomic E-state index is 2.37. The molecule has 1 saturated heterocycles. The zero-order valence-electron chi connectivity index (χ0n) is 7.67. The van der Waals surface area contributed by atoms with Crippen LogP contribution in [0.3, 0.4) is 0 Å². The number of hydrogen-bond donors (Lipinski definition) is 0. The second-order valence-electron chi connectivity index (χ2n) is 4.83. The van der Waals surface area contributed by atoms with Crippen molar-refractivity contribution in [2.75, 3.05) is 0 Å². The lowest BCUT2D eigenvalue weighted by Gasteiger charge is -2.34. The average Bonchev–Trinajstić information content (AvgIpc) is 2.64. The van der Waals surface area contributed by atoms with Gasteiger partial charge in [-0.3, -0.25) is 0 Å². The van der Waals surface area contributed by atoms with Gasteiger partial charge in [0.15, 0.2) is 0 Å². The van der Waals surface area contributed by atoms with Gasteiger partial charge in [-0.05, 0) is 43.9 Å². The molecular weight excluding hydrogens is 164 g/mol. The molecule has 3 aliphatic rings. The minimum Gasteiger partial charge on any atom is -0.155 e. The highest BCUT2D eigenvalue weighted by molar-refractivity contribution is 8.00. The largest absolute Gasteiger partial charge is 0.155 e. The standard InChI is InChI=1S/C11H18S/c1-3-8-7-9-4-2-6-11(9)12-10(8)5-1/h8-11H,1-7H2. The number of rotatable bonds is 0. The monoisotopic (exact) mass is 182 g/mol. The lowest BCUT2D eigenvalue weighted by molar-refractivity contribution is 0.375. The van der Waals surface area contributed by atoms with E-state index in [1.54, 1.807) is 32.1 Å². The van der Waals surface area contributed by atoms with Crippen LogP contribution in [0.15, 0.2) is 0 Å². The molecule has 4 unspecified atom stereocenters. The Morgan fingerprint density at radius 2 is 1.33 bits per heavy atom. The van der Waals surface area contributed by atoms with E-state index in [2.05, 4.69) is 11.8 Å². The quantitative estimate of drug-likeness (QED) is 0.553. The fourth-order valence-corrected chi connectivity index (χ4v) is 5.51. The highest BCUT2D eigenvalue weighted by atomic mass is 32.2. The SMILES string of the molecule is C1CC2CC3CCCC3SC2C1. The summed E-state index contributed by atoms with van der Waals surface area (Å²) in [6.07, 6.45) is 10.9. The lowest BCUT2D eigenvalue weighted by atomic mass is 9.91. The summed E-state index contributed by atoms with van der Waals surface area (Å²) >= 11 is 2.37. The van der Waals surface area contributed by atoms with Crippen molar-refractivity contribution in [2.24, 2.45) is 11.8 Å². The first-order valence-corrected chi connectivity index (χ1v) is 6.53. The van der Waals surface area contributed by atoms with Crippen LogP contribution in [0.4, 0.5) is 0 Å². The van der Waals surface area contributed by atoms with Crippen molar-refractivity contribution in [3.05, 3.63) is 0 Å². The summed E-state index contributed by atoms with van der Waals surface area (Å²) in [4.78, 5) is 0. The third kappa shape index (κ3) is 1.13. The zero-order chi connectivity index (χ0) is 7.97. The fraction of sp³-hybridized carbons (Fsp3) is 1.00. The van der Waals surface area contributed by atoms with Gasteiger partial charge in [-0.25, -0.2) is 0 Å². The third-order valence-corrected chi connectivity index (χ3v) is 6.07. The minimum atomic E-state index is 1.09. The van der Waals surface area contributed by atoms with E-state index in [-0.39, 0.29) is 0 Å². The van der Waals surface area contributed by atoms with Crippen LogP contribution in [-0.2, 0) is 0 Å². The zero-order valence-corrected chi connectivity index (χ0v) is 8.48. The summed E-state index contributed by atoms with van der Waals surface area (Å²) in [5, 5.41) is 2.17. The molecule has 1 heterocycles. The molecule has 0 aromatic heterocycles. The van der Waals surface area contributed by atoms with Crippen molar-refractivity contribution in [3.63, 3.8) is 0 Å². The van der Waals surface area contributed by atoms with Crippen LogP contribution in [0.5, 0.6) is 0 Å². The van der Waals surface area contributed by atoms with Crippen molar-refractivity contribution in [2.45, 2.75) is 55.4 Å². The molecule has 0 nitrogen and oxygen atoms in total. The average molecular weight is 182 g/mol. The molecule has 3 fully saturated rings. The van der Waals surface area contributed by atoms with Gasteiger partial charge in [-0.1, -0.05) is 12.8 Å². The van der Waals surface area contributed by atoms with Crippen molar-refractivity contribution in [3.8, 4) is 0 Å². The van der Waals surface area contributed by atoms with E-state index >= 15 is 0 Å². The Morgan fingerprint density at radius 3 is 1.92 bits per heavy atom. The molecule has 2 aliphatic carbocycles. The molecule has 0 radical (unpaired) electrons. The second kappa shape index (κ2) is 2.94. The van der Waals surface area contributed by atoms with Gasteiger partial charge in [0.1, 0.15) is 0 Å². The summed E-state index contributed by atoms with van der Waals surface area (Å²) < 4.78 is 0. The summed E-state index contributed by atoms with van der Waals surface area (Å²) in [5.41, 5.74) is 0. The Labute approximate surface area is 79.5 Å². The summed E-state index contributed by atoms with van der Waals surface area (Å²) in [6, 6.07) is 0. The van der Waals surface area contributed by atoms with Crippen LogP contribution in [0.1, 0.15) is 44.9 Å². The fourth-order valence-electron chi connectivity index (χ4n) is 3.52. The number of fused-ring (bicyclic) bond motifs is 2. The molecule has 0 spiro atoms. The molecule has 1 heteroatoms. The van der Waals surface area contributed by atoms with E-state index in [9.17, 15) is 0 Å². The summed E-state index contributed by atoms with van der Waals surface area (Å²) in [7, 11) is 0. The van der Waals surface area contributed by atoms with E-state index in [1.807, 2.05) is 0 Å². The van der Waals surface area contributed by atoms with Gasteiger partial charge in [-0.15, -0.1) is 0 Å². The van der Waals surface area contributed by atoms with E-state index in [4.69, 9.17) is 0 Å². The molecule has 0 bridgehead atoms. The summed E-state index contributed by atoms with van der Waals surface area (Å²) in [6.45, 7) is 0. The van der Waals surface area contributed by atoms with Gasteiger partial charge in [0.05, 0.1) is 0 Å². The van der Waals surface area contributed by atoms with Gasteiger partial charge >= 0.3 is 0 Å². The predicted molar refractivity (Wildman–Crippen MR) is 54.5 cm³/mol. The molecule has 4 atom stereocenters.